The number of ether oxygens (including phenoxy) is 1. The Morgan fingerprint density at radius 1 is 0.895 bits per heavy atom. The molecule has 0 saturated heterocycles. The standard InChI is InChI=1S/C17H15O.Y/c1-12-15-10-6-7-11-16(15)13(2)18-17(12)14-8-4-3-5-9-14;/h3-11H,1-2H3;/q-1;. The van der Waals surface area contributed by atoms with Gasteiger partial charge < -0.3 is 4.74 Å². The third-order valence-corrected chi connectivity index (χ3v) is 3.34. The second-order valence-corrected chi connectivity index (χ2v) is 4.52. The SMILES string of the molecule is CC1=C(c2ccccc2)O[C-](C)c2ccccc21.[Y]. The van der Waals surface area contributed by atoms with Crippen molar-refractivity contribution in [3.05, 3.63) is 77.4 Å². The molecule has 19 heavy (non-hydrogen) atoms. The number of hydrogen-bond donors (Lipinski definition) is 0. The minimum Gasteiger partial charge on any atom is -0.521 e. The van der Waals surface area contributed by atoms with Crippen LogP contribution in [0.5, 0.6) is 0 Å². The third kappa shape index (κ3) is 2.63. The summed E-state index contributed by atoms with van der Waals surface area (Å²) in [5.41, 5.74) is 4.78. The van der Waals surface area contributed by atoms with Crippen LogP contribution in [0.3, 0.4) is 0 Å². The minimum absolute atomic E-state index is 0. The first-order chi connectivity index (χ1) is 8.77. The molecule has 2 aromatic rings. The Labute approximate surface area is 139 Å². The topological polar surface area (TPSA) is 9.23 Å². The van der Waals surface area contributed by atoms with Crippen LogP contribution in [0.2, 0.25) is 0 Å². The van der Waals surface area contributed by atoms with Crippen LogP contribution in [0.1, 0.15) is 30.5 Å². The number of allylic oxidation sites excluding steroid dienone is 1. The summed E-state index contributed by atoms with van der Waals surface area (Å²) >= 11 is 0. The molecule has 3 rings (SSSR count). The average Bonchev–Trinajstić information content (AvgIpc) is 2.44. The molecule has 93 valence electrons. The zero-order valence-electron chi connectivity index (χ0n) is 11.2. The van der Waals surface area contributed by atoms with E-state index in [0.717, 1.165) is 17.4 Å². The Hall–Kier alpha value is -1.05. The van der Waals surface area contributed by atoms with Crippen molar-refractivity contribution in [2.24, 2.45) is 0 Å². The van der Waals surface area contributed by atoms with Gasteiger partial charge in [0.25, 0.3) is 0 Å². The van der Waals surface area contributed by atoms with Gasteiger partial charge in [-0.1, -0.05) is 48.9 Å². The van der Waals surface area contributed by atoms with Crippen molar-refractivity contribution in [2.75, 3.05) is 0 Å². The fourth-order valence-electron chi connectivity index (χ4n) is 2.39. The van der Waals surface area contributed by atoms with E-state index in [-0.39, 0.29) is 32.7 Å². The van der Waals surface area contributed by atoms with Crippen LogP contribution in [-0.4, -0.2) is 0 Å². The summed E-state index contributed by atoms with van der Waals surface area (Å²) in [6.45, 7) is 4.14. The van der Waals surface area contributed by atoms with Gasteiger partial charge in [0.15, 0.2) is 0 Å². The van der Waals surface area contributed by atoms with Crippen molar-refractivity contribution in [1.29, 1.82) is 0 Å². The van der Waals surface area contributed by atoms with E-state index in [1.165, 1.54) is 16.7 Å². The van der Waals surface area contributed by atoms with E-state index < -0.39 is 0 Å². The van der Waals surface area contributed by atoms with Crippen molar-refractivity contribution in [3.63, 3.8) is 0 Å². The number of rotatable bonds is 1. The van der Waals surface area contributed by atoms with Crippen LogP contribution in [0.15, 0.2) is 54.6 Å². The fraction of sp³-hybridized carbons (Fsp3) is 0.118. The van der Waals surface area contributed by atoms with Gasteiger partial charge in [0.2, 0.25) is 0 Å². The Morgan fingerprint density at radius 2 is 1.53 bits per heavy atom. The molecule has 0 aromatic heterocycles. The molecule has 0 atom stereocenters. The molecule has 1 aliphatic heterocycles. The van der Waals surface area contributed by atoms with Crippen LogP contribution in [-0.2, 0) is 37.4 Å². The van der Waals surface area contributed by atoms with Crippen LogP contribution in [0.25, 0.3) is 11.3 Å². The molecule has 0 amide bonds. The van der Waals surface area contributed by atoms with E-state index in [1.54, 1.807) is 0 Å². The second kappa shape index (κ2) is 5.94. The predicted octanol–water partition coefficient (Wildman–Crippen LogP) is 4.50. The Morgan fingerprint density at radius 3 is 2.26 bits per heavy atom. The Bertz CT molecular complexity index is 602. The van der Waals surface area contributed by atoms with Gasteiger partial charge in [0, 0.05) is 38.3 Å². The van der Waals surface area contributed by atoms with Crippen LogP contribution in [0, 0.1) is 6.10 Å². The maximum Gasteiger partial charge on any atom is 0.109 e. The van der Waals surface area contributed by atoms with Gasteiger partial charge in [-0.15, -0.1) is 23.3 Å². The molecule has 0 aliphatic carbocycles. The van der Waals surface area contributed by atoms with Crippen molar-refractivity contribution in [2.45, 2.75) is 13.8 Å². The molecule has 2 heteroatoms. The van der Waals surface area contributed by atoms with E-state index in [2.05, 4.69) is 37.3 Å². The maximum absolute atomic E-state index is 6.01. The Balaban J connectivity index is 0.00000133. The number of benzene rings is 2. The summed E-state index contributed by atoms with van der Waals surface area (Å²) in [7, 11) is 0. The van der Waals surface area contributed by atoms with E-state index in [1.807, 2.05) is 31.2 Å². The molecule has 0 spiro atoms. The molecule has 0 saturated carbocycles. The zero-order valence-corrected chi connectivity index (χ0v) is 14.0. The monoisotopic (exact) mass is 324 g/mol. The van der Waals surface area contributed by atoms with Crippen molar-refractivity contribution < 1.29 is 37.4 Å². The van der Waals surface area contributed by atoms with Crippen molar-refractivity contribution in [3.8, 4) is 0 Å². The largest absolute Gasteiger partial charge is 0.521 e. The molecule has 1 heterocycles. The quantitative estimate of drug-likeness (QED) is 0.702. The van der Waals surface area contributed by atoms with Crippen molar-refractivity contribution >= 4 is 11.3 Å². The molecule has 1 nitrogen and oxygen atoms in total. The molecule has 0 bridgehead atoms. The summed E-state index contributed by atoms with van der Waals surface area (Å²) in [5.74, 6) is 0.965. The summed E-state index contributed by atoms with van der Waals surface area (Å²) in [4.78, 5) is 0. The zero-order chi connectivity index (χ0) is 12.5. The van der Waals surface area contributed by atoms with E-state index in [4.69, 9.17) is 4.74 Å². The van der Waals surface area contributed by atoms with Gasteiger partial charge in [-0.05, 0) is 13.0 Å². The molecule has 0 unspecified atom stereocenters. The normalized spacial score (nSPS) is 13.5. The van der Waals surface area contributed by atoms with Gasteiger partial charge in [0.1, 0.15) is 5.76 Å². The van der Waals surface area contributed by atoms with Gasteiger partial charge in [-0.2, -0.15) is 6.07 Å². The molecule has 2 aromatic carbocycles. The predicted molar refractivity (Wildman–Crippen MR) is 74.5 cm³/mol. The molecule has 1 radical (unpaired) electrons. The van der Waals surface area contributed by atoms with Crippen LogP contribution < -0.4 is 0 Å². The molecular formula is C17H15OY-. The smallest absolute Gasteiger partial charge is 0.109 e. The minimum atomic E-state index is 0. The average molecular weight is 324 g/mol. The molecule has 0 fully saturated rings. The summed E-state index contributed by atoms with van der Waals surface area (Å²) in [6, 6.07) is 18.6. The first kappa shape index (κ1) is 14.4. The molecule has 0 N–H and O–H groups in total. The van der Waals surface area contributed by atoms with E-state index in [9.17, 15) is 0 Å². The van der Waals surface area contributed by atoms with E-state index in [0.29, 0.717) is 0 Å². The summed E-state index contributed by atoms with van der Waals surface area (Å²) in [5, 5.41) is 0. The van der Waals surface area contributed by atoms with Crippen LogP contribution in [0.4, 0.5) is 0 Å². The summed E-state index contributed by atoms with van der Waals surface area (Å²) < 4.78 is 6.01. The van der Waals surface area contributed by atoms with Gasteiger partial charge in [0.05, 0.1) is 0 Å². The van der Waals surface area contributed by atoms with Crippen molar-refractivity contribution in [1.82, 2.24) is 0 Å². The first-order valence-electron chi connectivity index (χ1n) is 6.15. The Kier molecular flexibility index (Phi) is 4.49. The number of fused-ring (bicyclic) bond motifs is 1. The van der Waals surface area contributed by atoms with E-state index >= 15 is 0 Å². The third-order valence-electron chi connectivity index (χ3n) is 3.34. The number of hydrogen-bond acceptors (Lipinski definition) is 1. The van der Waals surface area contributed by atoms with Gasteiger partial charge in [-0.25, -0.2) is 0 Å². The summed E-state index contributed by atoms with van der Waals surface area (Å²) in [6.07, 6.45) is 0.968. The van der Waals surface area contributed by atoms with Crippen LogP contribution >= 0.6 is 0 Å². The van der Waals surface area contributed by atoms with Gasteiger partial charge >= 0.3 is 0 Å². The van der Waals surface area contributed by atoms with Gasteiger partial charge in [-0.3, -0.25) is 0 Å². The maximum atomic E-state index is 6.01. The molecule has 1 aliphatic rings. The first-order valence-corrected chi connectivity index (χ1v) is 6.15. The second-order valence-electron chi connectivity index (χ2n) is 4.52. The molecular weight excluding hydrogens is 309 g/mol. The fourth-order valence-corrected chi connectivity index (χ4v) is 2.39.